The number of hydrogen-bond acceptors (Lipinski definition) is 9. The molecule has 0 spiro atoms. The Hall–Kier alpha value is -2.39. The highest BCUT2D eigenvalue weighted by Crippen LogP contribution is 2.54. The third-order valence-corrected chi connectivity index (χ3v) is 15.9. The third-order valence-electron chi connectivity index (χ3n) is 12.5. The van der Waals surface area contributed by atoms with Crippen LogP contribution in [-0.2, 0) is 28.4 Å². The second kappa shape index (κ2) is 19.2. The molecular weight excluding hydrogens is 789 g/mol. The zero-order valence-electron chi connectivity index (χ0n) is 39.7. The number of aliphatic hydroxyl groups is 1. The highest BCUT2D eigenvalue weighted by atomic mass is 28.3. The van der Waals surface area contributed by atoms with Crippen molar-refractivity contribution in [3.8, 4) is 0 Å². The SMILES string of the molecule is CC[C@H]1OC(C)(C)O[C@H]1CC1CC1c1cc(C)cc(C)c1C(=O)OCC[Si](C)(C)C.Cc1cc(C)c(C(=O)OCC[Si](C)(C)C)c(C2CC2C[C@@H]2OC(C)(C)O[C@@H]2CO)c1. The first-order valence-electron chi connectivity index (χ1n) is 22.7. The minimum Gasteiger partial charge on any atom is -0.462 e. The van der Waals surface area contributed by atoms with E-state index < -0.39 is 27.7 Å². The van der Waals surface area contributed by atoms with Gasteiger partial charge in [-0.25, -0.2) is 9.59 Å². The second-order valence-corrected chi connectivity index (χ2v) is 32.9. The van der Waals surface area contributed by atoms with Gasteiger partial charge in [0.25, 0.3) is 0 Å². The first-order valence-corrected chi connectivity index (χ1v) is 30.1. The van der Waals surface area contributed by atoms with E-state index in [0.29, 0.717) is 36.9 Å². The number of aryl methyl sites for hydroxylation is 4. The maximum atomic E-state index is 13.0. The number of ether oxygens (including phenoxy) is 6. The molecule has 4 fully saturated rings. The van der Waals surface area contributed by atoms with Crippen molar-refractivity contribution in [1.29, 1.82) is 0 Å². The summed E-state index contributed by atoms with van der Waals surface area (Å²) in [5.74, 6) is 0.199. The van der Waals surface area contributed by atoms with Gasteiger partial charge in [0.05, 0.1) is 49.3 Å². The molecule has 9 nitrogen and oxygen atoms in total. The van der Waals surface area contributed by atoms with E-state index in [1.54, 1.807) is 0 Å². The van der Waals surface area contributed by atoms with Gasteiger partial charge in [0.1, 0.15) is 6.10 Å². The molecule has 2 aliphatic heterocycles. The van der Waals surface area contributed by atoms with Crippen LogP contribution in [0.2, 0.25) is 51.4 Å². The molecular formula is C49H78O9Si2. The van der Waals surface area contributed by atoms with Crippen molar-refractivity contribution in [2.45, 2.75) is 194 Å². The highest BCUT2D eigenvalue weighted by Gasteiger charge is 2.49. The third kappa shape index (κ3) is 13.3. The zero-order valence-corrected chi connectivity index (χ0v) is 41.7. The topological polar surface area (TPSA) is 110 Å². The second-order valence-electron chi connectivity index (χ2n) is 21.7. The molecule has 0 radical (unpaired) electrons. The molecule has 2 aromatic carbocycles. The van der Waals surface area contributed by atoms with Gasteiger partial charge in [-0.15, -0.1) is 0 Å². The highest BCUT2D eigenvalue weighted by molar-refractivity contribution is 6.76. The number of aliphatic hydroxyl groups excluding tert-OH is 1. The Morgan fingerprint density at radius 3 is 1.37 bits per heavy atom. The Morgan fingerprint density at radius 1 is 0.633 bits per heavy atom. The number of carbonyl (C=O) groups excluding carboxylic acids is 2. The Bertz CT molecular complexity index is 1690. The van der Waals surface area contributed by atoms with E-state index in [9.17, 15) is 14.7 Å². The number of esters is 2. The molecule has 2 aliphatic carbocycles. The Labute approximate surface area is 364 Å². The number of benzene rings is 2. The van der Waals surface area contributed by atoms with Crippen molar-refractivity contribution in [3.05, 3.63) is 68.8 Å². The van der Waals surface area contributed by atoms with Crippen LogP contribution in [0.15, 0.2) is 24.3 Å². The van der Waals surface area contributed by atoms with Crippen molar-refractivity contribution >= 4 is 28.1 Å². The standard InChI is InChI=1S/C25H40O4Si.C24H38O5Si/c1-9-21-22(29-25(4,5)28-21)15-18-14-19(18)20-13-16(2)12-17(3)23(20)24(26)27-10-11-30(6,7)8;1-15-10-16(2)22(23(26)27-8-9-30(5,6)7)19(11-15)18-12-17(18)13-20-21(14-25)29-24(3,4)28-20/h12-13,18-19,21-22H,9-11,14-15H2,1-8H3;10-11,17-18,20-21,25H,8-9,12-14H2,1-7H3/t18?,19?,21-,22+;17?,18?,20-,21+/m10/s1. The molecule has 4 aliphatic rings. The fourth-order valence-corrected chi connectivity index (χ4v) is 10.7. The van der Waals surface area contributed by atoms with Crippen molar-refractivity contribution < 1.29 is 43.1 Å². The lowest BCUT2D eigenvalue weighted by Gasteiger charge is -2.18. The molecule has 336 valence electrons. The summed E-state index contributed by atoms with van der Waals surface area (Å²) < 4.78 is 35.5. The molecule has 8 atom stereocenters. The Morgan fingerprint density at radius 2 is 1.00 bits per heavy atom. The van der Waals surface area contributed by atoms with Crippen LogP contribution in [-0.4, -0.2) is 89.0 Å². The average Bonchev–Trinajstić information content (AvgIpc) is 4.00. The Kier molecular flexibility index (Phi) is 15.5. The quantitative estimate of drug-likeness (QED) is 0.130. The molecule has 6 rings (SSSR count). The van der Waals surface area contributed by atoms with Crippen LogP contribution in [0.25, 0.3) is 0 Å². The molecule has 2 saturated heterocycles. The van der Waals surface area contributed by atoms with Crippen molar-refractivity contribution in [3.63, 3.8) is 0 Å². The van der Waals surface area contributed by atoms with Gasteiger partial charge in [-0.1, -0.05) is 81.6 Å². The minimum atomic E-state index is -1.25. The van der Waals surface area contributed by atoms with Crippen LogP contribution in [0, 0.1) is 39.5 Å². The summed E-state index contributed by atoms with van der Waals surface area (Å²) in [5, 5.41) is 9.65. The Balaban J connectivity index is 0.000000228. The number of rotatable bonds is 16. The molecule has 0 bridgehead atoms. The first kappa shape index (κ1) is 48.6. The zero-order chi connectivity index (χ0) is 44.5. The van der Waals surface area contributed by atoms with E-state index >= 15 is 0 Å². The molecule has 0 amide bonds. The largest absolute Gasteiger partial charge is 0.462 e. The van der Waals surface area contributed by atoms with Crippen LogP contribution in [0.5, 0.6) is 0 Å². The predicted molar refractivity (Wildman–Crippen MR) is 245 cm³/mol. The summed E-state index contributed by atoms with van der Waals surface area (Å²) in [6.07, 6.45) is 4.81. The smallest absolute Gasteiger partial charge is 0.338 e. The molecule has 2 heterocycles. The molecule has 60 heavy (non-hydrogen) atoms. The fraction of sp³-hybridized carbons (Fsp3) is 0.714. The van der Waals surface area contributed by atoms with Crippen molar-refractivity contribution in [2.24, 2.45) is 11.8 Å². The molecule has 4 unspecified atom stereocenters. The van der Waals surface area contributed by atoms with Gasteiger partial charge in [-0.3, -0.25) is 0 Å². The van der Waals surface area contributed by atoms with Crippen LogP contribution in [0.3, 0.4) is 0 Å². The molecule has 0 aromatic heterocycles. The first-order chi connectivity index (χ1) is 27.8. The average molecular weight is 867 g/mol. The van der Waals surface area contributed by atoms with E-state index in [-0.39, 0.29) is 43.0 Å². The summed E-state index contributed by atoms with van der Waals surface area (Å²) in [5.41, 5.74) is 8.20. The van der Waals surface area contributed by atoms with E-state index in [1.807, 2.05) is 41.5 Å². The van der Waals surface area contributed by atoms with Gasteiger partial charge >= 0.3 is 11.9 Å². The summed E-state index contributed by atoms with van der Waals surface area (Å²) in [7, 11) is -2.48. The molecule has 1 N–H and O–H groups in total. The lowest BCUT2D eigenvalue weighted by Crippen LogP contribution is -2.26. The molecule has 2 aromatic rings. The van der Waals surface area contributed by atoms with Gasteiger partial charge < -0.3 is 33.5 Å². The molecule has 11 heteroatoms. The van der Waals surface area contributed by atoms with E-state index in [2.05, 4.69) is 84.3 Å². The van der Waals surface area contributed by atoms with E-state index in [4.69, 9.17) is 28.4 Å². The summed E-state index contributed by atoms with van der Waals surface area (Å²) >= 11 is 0. The lowest BCUT2D eigenvalue weighted by atomic mass is 9.93. The summed E-state index contributed by atoms with van der Waals surface area (Å²) in [6, 6.07) is 10.5. The van der Waals surface area contributed by atoms with Crippen LogP contribution >= 0.6 is 0 Å². The monoisotopic (exact) mass is 867 g/mol. The van der Waals surface area contributed by atoms with Crippen LogP contribution in [0.4, 0.5) is 0 Å². The van der Waals surface area contributed by atoms with Crippen molar-refractivity contribution in [1.82, 2.24) is 0 Å². The van der Waals surface area contributed by atoms with Crippen molar-refractivity contribution in [2.75, 3.05) is 19.8 Å². The number of carbonyl (C=O) groups is 2. The van der Waals surface area contributed by atoms with E-state index in [1.165, 1.54) is 16.7 Å². The van der Waals surface area contributed by atoms with Crippen LogP contribution < -0.4 is 0 Å². The number of hydrogen-bond donors (Lipinski definition) is 1. The maximum Gasteiger partial charge on any atom is 0.338 e. The molecule has 2 saturated carbocycles. The van der Waals surface area contributed by atoms with Gasteiger partial charge in [-0.05, 0) is 146 Å². The maximum absolute atomic E-state index is 13.0. The van der Waals surface area contributed by atoms with E-state index in [0.717, 1.165) is 72.0 Å². The normalized spacial score (nSPS) is 27.9. The van der Waals surface area contributed by atoms with Gasteiger partial charge in [0.15, 0.2) is 11.6 Å². The van der Waals surface area contributed by atoms with Gasteiger partial charge in [0, 0.05) is 16.1 Å². The minimum absolute atomic E-state index is 0.0380. The fourth-order valence-electron chi connectivity index (χ4n) is 9.28. The van der Waals surface area contributed by atoms with Gasteiger partial charge in [0.2, 0.25) is 0 Å². The summed E-state index contributed by atoms with van der Waals surface area (Å²) in [4.78, 5) is 26.0. The lowest BCUT2D eigenvalue weighted by molar-refractivity contribution is -0.149. The van der Waals surface area contributed by atoms with Crippen LogP contribution in [0.1, 0.15) is 133 Å². The summed E-state index contributed by atoms with van der Waals surface area (Å²) in [6.45, 7) is 32.9. The van der Waals surface area contributed by atoms with Gasteiger partial charge in [-0.2, -0.15) is 0 Å². The predicted octanol–water partition coefficient (Wildman–Crippen LogP) is 11.0.